The largest absolute Gasteiger partial charge is 0.442 e. The molecule has 0 radical (unpaired) electrons. The molecule has 1 fully saturated rings. The Labute approximate surface area is 163 Å². The number of nitrogens with zero attached hydrogens (tertiary/aromatic N) is 2. The van der Waals surface area contributed by atoms with Crippen LogP contribution in [0.25, 0.3) is 0 Å². The van der Waals surface area contributed by atoms with Gasteiger partial charge in [-0.2, -0.15) is 0 Å². The van der Waals surface area contributed by atoms with E-state index in [0.717, 1.165) is 24.0 Å². The van der Waals surface area contributed by atoms with Crippen molar-refractivity contribution in [2.24, 2.45) is 0 Å². The lowest BCUT2D eigenvalue weighted by Gasteiger charge is -2.20. The van der Waals surface area contributed by atoms with Crippen molar-refractivity contribution in [1.82, 2.24) is 10.2 Å². The molecule has 3 rings (SSSR count). The van der Waals surface area contributed by atoms with E-state index in [1.165, 1.54) is 17.9 Å². The van der Waals surface area contributed by atoms with Crippen LogP contribution in [0.15, 0.2) is 23.9 Å². The second kappa shape index (κ2) is 8.18. The molecule has 2 atom stereocenters. The van der Waals surface area contributed by atoms with E-state index in [4.69, 9.17) is 4.74 Å². The lowest BCUT2D eigenvalue weighted by Crippen LogP contribution is -2.33. The summed E-state index contributed by atoms with van der Waals surface area (Å²) in [6, 6.07) is 2.95. The zero-order valence-corrected chi connectivity index (χ0v) is 16.4. The van der Waals surface area contributed by atoms with Gasteiger partial charge in [-0.3, -0.25) is 9.69 Å². The number of anilines is 1. The van der Waals surface area contributed by atoms with Crippen molar-refractivity contribution in [2.45, 2.75) is 38.4 Å². The van der Waals surface area contributed by atoms with E-state index in [1.54, 1.807) is 6.07 Å². The number of carbonyl (C=O) groups is 2. The molecule has 0 bridgehead atoms. The Morgan fingerprint density at radius 1 is 1.43 bits per heavy atom. The standard InChI is InChI=1S/C20H26FN3O4/c1-12(25)22-9-15-11-24(20(27)28-15)18-7-13-5-4-6-14(10-23(2)3)19(26)16(13)8-17(18)21/h7-8,10,15,19,26H,4-6,9,11H2,1-3H3,(H,22,25)/b14-10+/t15-,19?/m0/s1. The van der Waals surface area contributed by atoms with Crippen LogP contribution in [0.4, 0.5) is 14.9 Å². The predicted molar refractivity (Wildman–Crippen MR) is 102 cm³/mol. The second-order valence-corrected chi connectivity index (χ2v) is 7.48. The number of hydrogen-bond donors (Lipinski definition) is 2. The molecule has 8 heteroatoms. The van der Waals surface area contributed by atoms with Crippen molar-refractivity contribution in [3.8, 4) is 0 Å². The quantitative estimate of drug-likeness (QED) is 0.769. The molecule has 1 aliphatic heterocycles. The summed E-state index contributed by atoms with van der Waals surface area (Å²) in [7, 11) is 3.76. The van der Waals surface area contributed by atoms with Gasteiger partial charge in [0.05, 0.1) is 18.8 Å². The lowest BCUT2D eigenvalue weighted by atomic mass is 9.97. The Morgan fingerprint density at radius 3 is 2.86 bits per heavy atom. The van der Waals surface area contributed by atoms with Crippen LogP contribution in [0.1, 0.15) is 37.0 Å². The van der Waals surface area contributed by atoms with Crippen molar-refractivity contribution < 1.29 is 23.8 Å². The van der Waals surface area contributed by atoms with Crippen molar-refractivity contribution in [3.63, 3.8) is 0 Å². The molecule has 28 heavy (non-hydrogen) atoms. The molecule has 2 N–H and O–H groups in total. The summed E-state index contributed by atoms with van der Waals surface area (Å²) in [6.45, 7) is 1.72. The first-order valence-corrected chi connectivity index (χ1v) is 9.36. The van der Waals surface area contributed by atoms with Gasteiger partial charge in [0.15, 0.2) is 0 Å². The van der Waals surface area contributed by atoms with Gasteiger partial charge >= 0.3 is 6.09 Å². The number of rotatable bonds is 4. The Kier molecular flexibility index (Phi) is 5.88. The van der Waals surface area contributed by atoms with E-state index in [0.29, 0.717) is 12.0 Å². The molecule has 1 aromatic rings. The first kappa shape index (κ1) is 20.1. The summed E-state index contributed by atoms with van der Waals surface area (Å²) in [5, 5.41) is 13.3. The summed E-state index contributed by atoms with van der Waals surface area (Å²) < 4.78 is 20.1. The first-order valence-electron chi connectivity index (χ1n) is 9.36. The van der Waals surface area contributed by atoms with Crippen LogP contribution < -0.4 is 10.2 Å². The molecule has 1 aromatic carbocycles. The molecule has 1 unspecified atom stereocenters. The lowest BCUT2D eigenvalue weighted by molar-refractivity contribution is -0.119. The number of benzene rings is 1. The van der Waals surface area contributed by atoms with Gasteiger partial charge < -0.3 is 20.1 Å². The maximum absolute atomic E-state index is 14.9. The van der Waals surface area contributed by atoms with Crippen LogP contribution in [0.2, 0.25) is 0 Å². The summed E-state index contributed by atoms with van der Waals surface area (Å²) in [6.07, 6.45) is 2.05. The number of nitrogens with one attached hydrogen (secondary N) is 1. The number of ether oxygens (including phenoxy) is 1. The fourth-order valence-electron chi connectivity index (χ4n) is 3.67. The fraction of sp³-hybridized carbons (Fsp3) is 0.500. The monoisotopic (exact) mass is 391 g/mol. The molecule has 2 amide bonds. The summed E-state index contributed by atoms with van der Waals surface area (Å²) in [5.41, 5.74) is 2.34. The van der Waals surface area contributed by atoms with Crippen molar-refractivity contribution in [2.75, 3.05) is 32.1 Å². The second-order valence-electron chi connectivity index (χ2n) is 7.48. The van der Waals surface area contributed by atoms with E-state index >= 15 is 0 Å². The number of halogens is 1. The third-order valence-electron chi connectivity index (χ3n) is 4.93. The fourth-order valence-corrected chi connectivity index (χ4v) is 3.67. The average molecular weight is 391 g/mol. The highest BCUT2D eigenvalue weighted by molar-refractivity contribution is 5.90. The number of fused-ring (bicyclic) bond motifs is 1. The maximum Gasteiger partial charge on any atom is 0.414 e. The van der Waals surface area contributed by atoms with E-state index < -0.39 is 24.1 Å². The van der Waals surface area contributed by atoms with Gasteiger partial charge in [0, 0.05) is 27.2 Å². The predicted octanol–water partition coefficient (Wildman–Crippen LogP) is 2.10. The average Bonchev–Trinajstić information content (AvgIpc) is 2.92. The van der Waals surface area contributed by atoms with E-state index in [2.05, 4.69) is 5.32 Å². The summed E-state index contributed by atoms with van der Waals surface area (Å²) in [5.74, 6) is -0.803. The van der Waals surface area contributed by atoms with Crippen LogP contribution >= 0.6 is 0 Å². The molecule has 2 aliphatic rings. The Bertz CT molecular complexity index is 809. The number of aryl methyl sites for hydroxylation is 1. The molecule has 152 valence electrons. The molecule has 1 saturated heterocycles. The Hall–Kier alpha value is -2.61. The highest BCUT2D eigenvalue weighted by Gasteiger charge is 2.35. The van der Waals surface area contributed by atoms with Crippen LogP contribution in [0.5, 0.6) is 0 Å². The van der Waals surface area contributed by atoms with Crippen molar-refractivity contribution in [3.05, 3.63) is 40.8 Å². The molecule has 1 heterocycles. The number of carbonyl (C=O) groups excluding carboxylic acids is 2. The Morgan fingerprint density at radius 2 is 2.18 bits per heavy atom. The van der Waals surface area contributed by atoms with Crippen molar-refractivity contribution >= 4 is 17.7 Å². The van der Waals surface area contributed by atoms with Crippen molar-refractivity contribution in [1.29, 1.82) is 0 Å². The van der Waals surface area contributed by atoms with Gasteiger partial charge in [-0.1, -0.05) is 0 Å². The normalized spacial score (nSPS) is 23.2. The van der Waals surface area contributed by atoms with Gasteiger partial charge in [-0.25, -0.2) is 9.18 Å². The minimum Gasteiger partial charge on any atom is -0.442 e. The first-order chi connectivity index (χ1) is 13.3. The van der Waals surface area contributed by atoms with E-state index in [9.17, 15) is 19.1 Å². The van der Waals surface area contributed by atoms with E-state index in [-0.39, 0.29) is 24.7 Å². The highest BCUT2D eigenvalue weighted by atomic mass is 19.1. The number of aliphatic hydroxyl groups is 1. The molecule has 0 spiro atoms. The third-order valence-corrected chi connectivity index (χ3v) is 4.93. The minimum atomic E-state index is -0.874. The number of aliphatic hydroxyl groups excluding tert-OH is 1. The van der Waals surface area contributed by atoms with Crippen LogP contribution in [0.3, 0.4) is 0 Å². The van der Waals surface area contributed by atoms with Gasteiger partial charge in [0.25, 0.3) is 0 Å². The number of cyclic esters (lactones) is 1. The molecule has 0 aromatic heterocycles. The van der Waals surface area contributed by atoms with Crippen LogP contribution in [0, 0.1) is 5.82 Å². The Balaban J connectivity index is 1.87. The molecular formula is C20H26FN3O4. The summed E-state index contributed by atoms with van der Waals surface area (Å²) >= 11 is 0. The van der Waals surface area contributed by atoms with Crippen LogP contribution in [-0.4, -0.2) is 55.3 Å². The SMILES string of the molecule is CC(=O)NC[C@H]1CN(c2cc3c(cc2F)C(O)/C(=C/N(C)C)CCC3)C(=O)O1. The smallest absolute Gasteiger partial charge is 0.414 e. The van der Waals surface area contributed by atoms with Crippen LogP contribution in [-0.2, 0) is 16.0 Å². The van der Waals surface area contributed by atoms with Gasteiger partial charge in [0.1, 0.15) is 18.0 Å². The zero-order chi connectivity index (χ0) is 20.4. The van der Waals surface area contributed by atoms with Gasteiger partial charge in [-0.15, -0.1) is 0 Å². The molecule has 1 aliphatic carbocycles. The zero-order valence-electron chi connectivity index (χ0n) is 16.4. The third kappa shape index (κ3) is 4.27. The van der Waals surface area contributed by atoms with Gasteiger partial charge in [-0.05, 0) is 48.1 Å². The number of hydrogen-bond acceptors (Lipinski definition) is 5. The molecular weight excluding hydrogens is 365 g/mol. The maximum atomic E-state index is 14.9. The number of amides is 2. The topological polar surface area (TPSA) is 82.1 Å². The minimum absolute atomic E-state index is 0.140. The summed E-state index contributed by atoms with van der Waals surface area (Å²) in [4.78, 5) is 26.4. The molecule has 0 saturated carbocycles. The van der Waals surface area contributed by atoms with Gasteiger partial charge in [0.2, 0.25) is 5.91 Å². The van der Waals surface area contributed by atoms with E-state index in [1.807, 2.05) is 25.2 Å². The highest BCUT2D eigenvalue weighted by Crippen LogP contribution is 2.37. The molecule has 7 nitrogen and oxygen atoms in total.